The van der Waals surface area contributed by atoms with Crippen LogP contribution >= 0.6 is 0 Å². The Labute approximate surface area is 163 Å². The number of ether oxygens (including phenoxy) is 2. The van der Waals surface area contributed by atoms with Gasteiger partial charge in [-0.3, -0.25) is 4.79 Å². The molecule has 1 heterocycles. The number of carbonyl (C=O) groups is 1. The summed E-state index contributed by atoms with van der Waals surface area (Å²) < 4.78 is 16.9. The second-order valence-corrected chi connectivity index (χ2v) is 6.90. The summed E-state index contributed by atoms with van der Waals surface area (Å²) in [6, 6.07) is 11.2. The molecule has 0 spiro atoms. The van der Waals surface area contributed by atoms with Crippen molar-refractivity contribution in [3.05, 3.63) is 63.3 Å². The molecule has 28 heavy (non-hydrogen) atoms. The van der Waals surface area contributed by atoms with Crippen molar-refractivity contribution in [2.45, 2.75) is 40.7 Å². The van der Waals surface area contributed by atoms with Gasteiger partial charge in [0.2, 0.25) is 11.2 Å². The lowest BCUT2D eigenvalue weighted by atomic mass is 10.0. The van der Waals surface area contributed by atoms with E-state index >= 15 is 0 Å². The molecule has 0 amide bonds. The molecule has 0 bridgehead atoms. The quantitative estimate of drug-likeness (QED) is 0.600. The topological polar surface area (TPSA) is 65.7 Å². The summed E-state index contributed by atoms with van der Waals surface area (Å²) >= 11 is 0. The third kappa shape index (κ3) is 3.79. The first-order valence-corrected chi connectivity index (χ1v) is 9.30. The highest BCUT2D eigenvalue weighted by Crippen LogP contribution is 2.32. The Morgan fingerprint density at radius 3 is 2.36 bits per heavy atom. The lowest BCUT2D eigenvalue weighted by Gasteiger charge is -2.16. The zero-order valence-electron chi connectivity index (χ0n) is 16.8. The first kappa shape index (κ1) is 19.7. The molecular formula is C23H24O5. The first-order chi connectivity index (χ1) is 13.3. The molecule has 0 radical (unpaired) electrons. The fraction of sp³-hybridized carbons (Fsp3) is 0.304. The highest BCUT2D eigenvalue weighted by molar-refractivity contribution is 5.84. The normalized spacial score (nSPS) is 12.0. The van der Waals surface area contributed by atoms with Crippen LogP contribution in [0.15, 0.2) is 45.6 Å². The van der Waals surface area contributed by atoms with Gasteiger partial charge in [0.15, 0.2) is 11.9 Å². The average molecular weight is 380 g/mol. The largest absolute Gasteiger partial charge is 0.471 e. The van der Waals surface area contributed by atoms with Crippen LogP contribution in [0.5, 0.6) is 5.75 Å². The Kier molecular flexibility index (Phi) is 5.54. The average Bonchev–Trinajstić information content (AvgIpc) is 2.66. The Hall–Kier alpha value is -3.08. The summed E-state index contributed by atoms with van der Waals surface area (Å²) in [5.41, 5.74) is 3.97. The van der Waals surface area contributed by atoms with Crippen molar-refractivity contribution in [1.29, 1.82) is 0 Å². The van der Waals surface area contributed by atoms with Crippen LogP contribution < -0.4 is 10.2 Å². The van der Waals surface area contributed by atoms with E-state index in [4.69, 9.17) is 13.9 Å². The molecule has 1 unspecified atom stereocenters. The molecule has 3 rings (SSSR count). The van der Waals surface area contributed by atoms with E-state index in [-0.39, 0.29) is 17.8 Å². The van der Waals surface area contributed by atoms with Crippen LogP contribution in [-0.4, -0.2) is 18.7 Å². The van der Waals surface area contributed by atoms with Gasteiger partial charge < -0.3 is 13.9 Å². The van der Waals surface area contributed by atoms with Crippen molar-refractivity contribution < 1.29 is 18.7 Å². The van der Waals surface area contributed by atoms with Crippen molar-refractivity contribution in [1.82, 2.24) is 0 Å². The van der Waals surface area contributed by atoms with Crippen molar-refractivity contribution >= 4 is 16.9 Å². The van der Waals surface area contributed by atoms with Crippen LogP contribution in [0.25, 0.3) is 22.3 Å². The molecular weight excluding hydrogens is 356 g/mol. The maximum Gasteiger partial charge on any atom is 0.347 e. The molecule has 0 aliphatic heterocycles. The molecule has 2 aromatic carbocycles. The number of carbonyl (C=O) groups excluding carboxylic acids is 1. The van der Waals surface area contributed by atoms with Crippen LogP contribution in [0.3, 0.4) is 0 Å². The van der Waals surface area contributed by atoms with Gasteiger partial charge in [0.1, 0.15) is 5.58 Å². The van der Waals surface area contributed by atoms with Crippen molar-refractivity contribution in [2.75, 3.05) is 6.61 Å². The summed E-state index contributed by atoms with van der Waals surface area (Å²) in [5, 5.41) is 0.421. The zero-order valence-corrected chi connectivity index (χ0v) is 16.8. The maximum atomic E-state index is 13.2. The summed E-state index contributed by atoms with van der Waals surface area (Å²) in [4.78, 5) is 25.3. The number of hydrogen-bond acceptors (Lipinski definition) is 5. The predicted octanol–water partition coefficient (Wildman–Crippen LogP) is 4.72. The van der Waals surface area contributed by atoms with Crippen molar-refractivity contribution in [2.24, 2.45) is 0 Å². The van der Waals surface area contributed by atoms with Gasteiger partial charge in [0, 0.05) is 5.56 Å². The highest BCUT2D eigenvalue weighted by atomic mass is 16.6. The molecule has 0 aliphatic carbocycles. The van der Waals surface area contributed by atoms with Gasteiger partial charge in [0.25, 0.3) is 0 Å². The number of benzene rings is 2. The first-order valence-electron chi connectivity index (χ1n) is 9.30. The molecule has 1 aromatic heterocycles. The van der Waals surface area contributed by atoms with Gasteiger partial charge in [-0.15, -0.1) is 0 Å². The minimum absolute atomic E-state index is 0.0140. The summed E-state index contributed by atoms with van der Waals surface area (Å²) in [6.45, 7) is 9.39. The van der Waals surface area contributed by atoms with E-state index in [9.17, 15) is 9.59 Å². The Morgan fingerprint density at radius 1 is 1.07 bits per heavy atom. The van der Waals surface area contributed by atoms with E-state index in [0.717, 1.165) is 16.7 Å². The molecule has 1 atom stereocenters. The monoisotopic (exact) mass is 380 g/mol. The second kappa shape index (κ2) is 7.89. The highest BCUT2D eigenvalue weighted by Gasteiger charge is 2.24. The molecule has 0 N–H and O–H groups in total. The lowest BCUT2D eigenvalue weighted by molar-refractivity contribution is -0.150. The van der Waals surface area contributed by atoms with Crippen LogP contribution in [0.4, 0.5) is 0 Å². The fourth-order valence-corrected chi connectivity index (χ4v) is 2.92. The molecule has 5 nitrogen and oxygen atoms in total. The third-order valence-electron chi connectivity index (χ3n) is 4.69. The van der Waals surface area contributed by atoms with E-state index in [1.165, 1.54) is 0 Å². The van der Waals surface area contributed by atoms with Crippen LogP contribution in [0.2, 0.25) is 0 Å². The van der Waals surface area contributed by atoms with Crippen LogP contribution in [0, 0.1) is 20.8 Å². The van der Waals surface area contributed by atoms with Crippen LogP contribution in [-0.2, 0) is 9.53 Å². The number of esters is 1. The molecule has 3 aromatic rings. The van der Waals surface area contributed by atoms with Gasteiger partial charge in [0.05, 0.1) is 12.0 Å². The van der Waals surface area contributed by atoms with Gasteiger partial charge in [-0.25, -0.2) is 4.79 Å². The molecule has 0 saturated heterocycles. The molecule has 5 heteroatoms. The minimum atomic E-state index is -0.934. The molecule has 0 aliphatic rings. The van der Waals surface area contributed by atoms with Crippen LogP contribution in [0.1, 0.15) is 30.5 Å². The zero-order chi connectivity index (χ0) is 20.4. The van der Waals surface area contributed by atoms with E-state index in [0.29, 0.717) is 22.3 Å². The minimum Gasteiger partial charge on any atom is -0.471 e. The number of fused-ring (bicyclic) bond motifs is 1. The molecule has 0 fully saturated rings. The van der Waals surface area contributed by atoms with E-state index in [1.54, 1.807) is 19.9 Å². The predicted molar refractivity (Wildman–Crippen MR) is 109 cm³/mol. The number of rotatable bonds is 5. The van der Waals surface area contributed by atoms with Gasteiger partial charge in [-0.1, -0.05) is 29.8 Å². The Balaban J connectivity index is 2.23. The SMILES string of the molecule is CCOC(=O)C(C)Oc1c(-c2ccc(C)cc2)oc2cc(C)c(C)cc2c1=O. The Morgan fingerprint density at radius 2 is 1.71 bits per heavy atom. The number of aryl methyl sites for hydroxylation is 3. The van der Waals surface area contributed by atoms with Crippen molar-refractivity contribution in [3.63, 3.8) is 0 Å². The third-order valence-corrected chi connectivity index (χ3v) is 4.69. The maximum absolute atomic E-state index is 13.2. The van der Waals surface area contributed by atoms with Crippen molar-refractivity contribution in [3.8, 4) is 17.1 Å². The smallest absolute Gasteiger partial charge is 0.347 e. The second-order valence-electron chi connectivity index (χ2n) is 6.90. The lowest BCUT2D eigenvalue weighted by Crippen LogP contribution is -2.28. The van der Waals surface area contributed by atoms with E-state index in [1.807, 2.05) is 51.1 Å². The summed E-state index contributed by atoms with van der Waals surface area (Å²) in [5.74, 6) is -0.214. The summed E-state index contributed by atoms with van der Waals surface area (Å²) in [6.07, 6.45) is -0.934. The molecule has 146 valence electrons. The van der Waals surface area contributed by atoms with Gasteiger partial charge in [-0.05, 0) is 57.9 Å². The van der Waals surface area contributed by atoms with Gasteiger partial charge >= 0.3 is 5.97 Å². The van der Waals surface area contributed by atoms with Gasteiger partial charge in [-0.2, -0.15) is 0 Å². The summed E-state index contributed by atoms with van der Waals surface area (Å²) in [7, 11) is 0. The Bertz CT molecular complexity index is 1080. The van der Waals surface area contributed by atoms with E-state index in [2.05, 4.69) is 0 Å². The van der Waals surface area contributed by atoms with E-state index < -0.39 is 12.1 Å². The number of hydrogen-bond donors (Lipinski definition) is 0. The standard InChI is InChI=1S/C23H24O5/c1-6-26-23(25)16(5)27-22-20(24)18-11-14(3)15(4)12-19(18)28-21(22)17-9-7-13(2)8-10-17/h7-12,16H,6H2,1-5H3. The fourth-order valence-electron chi connectivity index (χ4n) is 2.92. The molecule has 0 saturated carbocycles.